The monoisotopic (exact) mass is 256 g/mol. The molecule has 0 saturated carbocycles. The van der Waals surface area contributed by atoms with Gasteiger partial charge in [0.15, 0.2) is 5.11 Å². The van der Waals surface area contributed by atoms with Crippen molar-refractivity contribution in [2.75, 3.05) is 26.8 Å². The molecule has 96 valence electrons. The van der Waals surface area contributed by atoms with Crippen molar-refractivity contribution in [1.29, 1.82) is 0 Å². The predicted octanol–water partition coefficient (Wildman–Crippen LogP) is 0.463. The summed E-state index contributed by atoms with van der Waals surface area (Å²) in [6.07, 6.45) is 5.77. The maximum Gasteiger partial charge on any atom is 0.166 e. The fraction of sp³-hybridized carbons (Fsp3) is 0.636. The molecule has 0 aliphatic heterocycles. The molecule has 5 nitrogen and oxygen atoms in total. The van der Waals surface area contributed by atoms with E-state index in [4.69, 9.17) is 17.0 Å². The van der Waals surface area contributed by atoms with Gasteiger partial charge in [-0.2, -0.15) is 5.10 Å². The predicted molar refractivity (Wildman–Crippen MR) is 72.0 cm³/mol. The molecule has 0 aromatic carbocycles. The Hall–Kier alpha value is -1.14. The van der Waals surface area contributed by atoms with E-state index < -0.39 is 0 Å². The third-order valence-corrected chi connectivity index (χ3v) is 2.56. The molecule has 1 aromatic rings. The number of hydrogen-bond donors (Lipinski definition) is 2. The largest absolute Gasteiger partial charge is 0.385 e. The maximum atomic E-state index is 5.14. The average molecular weight is 256 g/mol. The summed E-state index contributed by atoms with van der Waals surface area (Å²) >= 11 is 5.14. The number of methoxy groups -OCH3 is 1. The van der Waals surface area contributed by atoms with E-state index in [2.05, 4.69) is 15.7 Å². The van der Waals surface area contributed by atoms with E-state index in [9.17, 15) is 0 Å². The van der Waals surface area contributed by atoms with Gasteiger partial charge in [0.05, 0.1) is 6.20 Å². The van der Waals surface area contributed by atoms with Crippen molar-refractivity contribution in [3.8, 4) is 0 Å². The molecule has 1 heterocycles. The van der Waals surface area contributed by atoms with Crippen molar-refractivity contribution in [3.63, 3.8) is 0 Å². The lowest BCUT2D eigenvalue weighted by molar-refractivity contribution is 0.195. The molecule has 6 heteroatoms. The number of nitrogens with one attached hydrogen (secondary N) is 2. The molecule has 17 heavy (non-hydrogen) atoms. The van der Waals surface area contributed by atoms with Gasteiger partial charge in [0.1, 0.15) is 0 Å². The van der Waals surface area contributed by atoms with Crippen LogP contribution in [-0.4, -0.2) is 41.7 Å². The van der Waals surface area contributed by atoms with Gasteiger partial charge in [0.25, 0.3) is 0 Å². The molecule has 0 amide bonds. The number of thiocarbonyl (C=S) groups is 1. The summed E-state index contributed by atoms with van der Waals surface area (Å²) in [7, 11) is 3.61. The zero-order valence-corrected chi connectivity index (χ0v) is 11.2. The van der Waals surface area contributed by atoms with E-state index in [1.54, 1.807) is 11.8 Å². The molecular formula is C11H20N4OS. The first-order valence-electron chi connectivity index (χ1n) is 5.70. The molecule has 0 radical (unpaired) electrons. The van der Waals surface area contributed by atoms with Gasteiger partial charge in [0, 0.05) is 40.1 Å². The Labute approximate surface area is 108 Å². The van der Waals surface area contributed by atoms with Gasteiger partial charge in [0.2, 0.25) is 0 Å². The molecule has 0 bridgehead atoms. The van der Waals surface area contributed by atoms with Crippen molar-refractivity contribution in [1.82, 2.24) is 20.4 Å². The number of aromatic nitrogens is 2. The molecule has 2 N–H and O–H groups in total. The van der Waals surface area contributed by atoms with E-state index in [1.807, 2.05) is 19.4 Å². The van der Waals surface area contributed by atoms with E-state index in [-0.39, 0.29) is 0 Å². The minimum atomic E-state index is 0.699. The van der Waals surface area contributed by atoms with Gasteiger partial charge < -0.3 is 15.4 Å². The maximum absolute atomic E-state index is 5.14. The second kappa shape index (κ2) is 8.03. The van der Waals surface area contributed by atoms with E-state index >= 15 is 0 Å². The average Bonchev–Trinajstić information content (AvgIpc) is 2.71. The Morgan fingerprint density at radius 3 is 2.88 bits per heavy atom. The minimum Gasteiger partial charge on any atom is -0.385 e. The van der Waals surface area contributed by atoms with Gasteiger partial charge >= 0.3 is 0 Å². The van der Waals surface area contributed by atoms with E-state index in [1.165, 1.54) is 5.56 Å². The number of hydrogen-bond acceptors (Lipinski definition) is 3. The lowest BCUT2D eigenvalue weighted by Gasteiger charge is -2.09. The van der Waals surface area contributed by atoms with Gasteiger partial charge in [-0.15, -0.1) is 0 Å². The SMILES string of the molecule is COCCCNC(=S)NCCc1cnn(C)c1. The Kier molecular flexibility index (Phi) is 6.57. The molecule has 1 rings (SSSR count). The van der Waals surface area contributed by atoms with Crippen LogP contribution in [0.2, 0.25) is 0 Å². The molecule has 0 fully saturated rings. The zero-order chi connectivity index (χ0) is 12.5. The fourth-order valence-electron chi connectivity index (χ4n) is 1.40. The van der Waals surface area contributed by atoms with Crippen LogP contribution >= 0.6 is 12.2 Å². The van der Waals surface area contributed by atoms with Crippen LogP contribution in [0.3, 0.4) is 0 Å². The normalized spacial score (nSPS) is 10.2. The van der Waals surface area contributed by atoms with Gasteiger partial charge in [-0.25, -0.2) is 0 Å². The summed E-state index contributed by atoms with van der Waals surface area (Å²) in [6, 6.07) is 0. The summed E-state index contributed by atoms with van der Waals surface area (Å²) in [6.45, 7) is 2.42. The Bertz CT molecular complexity index is 340. The Balaban J connectivity index is 2.04. The number of nitrogens with zero attached hydrogens (tertiary/aromatic N) is 2. The van der Waals surface area contributed by atoms with Gasteiger partial charge in [-0.3, -0.25) is 4.68 Å². The van der Waals surface area contributed by atoms with Crippen LogP contribution < -0.4 is 10.6 Å². The van der Waals surface area contributed by atoms with Crippen LogP contribution in [0, 0.1) is 0 Å². The number of rotatable bonds is 7. The van der Waals surface area contributed by atoms with Gasteiger partial charge in [-0.05, 0) is 30.6 Å². The summed E-state index contributed by atoms with van der Waals surface area (Å²) in [5.74, 6) is 0. The molecule has 0 aliphatic carbocycles. The third kappa shape index (κ3) is 6.23. The summed E-state index contributed by atoms with van der Waals surface area (Å²) < 4.78 is 6.75. The fourth-order valence-corrected chi connectivity index (χ4v) is 1.61. The summed E-state index contributed by atoms with van der Waals surface area (Å²) in [5.41, 5.74) is 1.21. The first-order chi connectivity index (χ1) is 8.22. The highest BCUT2D eigenvalue weighted by molar-refractivity contribution is 7.80. The lowest BCUT2D eigenvalue weighted by atomic mass is 10.2. The second-order valence-corrected chi connectivity index (χ2v) is 4.21. The smallest absolute Gasteiger partial charge is 0.166 e. The van der Waals surface area contributed by atoms with Crippen LogP contribution in [0.25, 0.3) is 0 Å². The highest BCUT2D eigenvalue weighted by Crippen LogP contribution is 1.95. The Morgan fingerprint density at radius 1 is 1.47 bits per heavy atom. The third-order valence-electron chi connectivity index (χ3n) is 2.27. The molecular weight excluding hydrogens is 236 g/mol. The molecule has 0 atom stereocenters. The van der Waals surface area contributed by atoms with Crippen LogP contribution in [0.1, 0.15) is 12.0 Å². The quantitative estimate of drug-likeness (QED) is 0.548. The topological polar surface area (TPSA) is 51.1 Å². The van der Waals surface area contributed by atoms with Gasteiger partial charge in [-0.1, -0.05) is 0 Å². The van der Waals surface area contributed by atoms with Crippen LogP contribution in [-0.2, 0) is 18.2 Å². The minimum absolute atomic E-state index is 0.699. The van der Waals surface area contributed by atoms with Crippen LogP contribution in [0.5, 0.6) is 0 Å². The summed E-state index contributed by atoms with van der Waals surface area (Å²) in [4.78, 5) is 0. The van der Waals surface area contributed by atoms with Crippen molar-refractivity contribution in [2.24, 2.45) is 7.05 Å². The molecule has 0 saturated heterocycles. The molecule has 0 spiro atoms. The van der Waals surface area contributed by atoms with Crippen LogP contribution in [0.4, 0.5) is 0 Å². The second-order valence-electron chi connectivity index (χ2n) is 3.80. The standard InChI is InChI=1S/C11H20N4OS/c1-15-9-10(8-14-15)4-6-13-11(17)12-5-3-7-16-2/h8-9H,3-7H2,1-2H3,(H2,12,13,17). The molecule has 1 aromatic heterocycles. The highest BCUT2D eigenvalue weighted by atomic mass is 32.1. The Morgan fingerprint density at radius 2 is 2.24 bits per heavy atom. The van der Waals surface area contributed by atoms with E-state index in [0.717, 1.165) is 32.5 Å². The number of aryl methyl sites for hydroxylation is 1. The highest BCUT2D eigenvalue weighted by Gasteiger charge is 1.97. The van der Waals surface area contributed by atoms with E-state index in [0.29, 0.717) is 5.11 Å². The first kappa shape index (κ1) is 13.9. The first-order valence-corrected chi connectivity index (χ1v) is 6.11. The van der Waals surface area contributed by atoms with Crippen molar-refractivity contribution < 1.29 is 4.74 Å². The lowest BCUT2D eigenvalue weighted by Crippen LogP contribution is -2.37. The van der Waals surface area contributed by atoms with Crippen molar-refractivity contribution >= 4 is 17.3 Å². The van der Waals surface area contributed by atoms with Crippen molar-refractivity contribution in [3.05, 3.63) is 18.0 Å². The summed E-state index contributed by atoms with van der Waals surface area (Å²) in [5, 5.41) is 11.1. The molecule has 0 aliphatic rings. The molecule has 0 unspecified atom stereocenters. The van der Waals surface area contributed by atoms with Crippen molar-refractivity contribution in [2.45, 2.75) is 12.8 Å². The number of ether oxygens (including phenoxy) is 1. The zero-order valence-electron chi connectivity index (χ0n) is 10.4. The van der Waals surface area contributed by atoms with Crippen LogP contribution in [0.15, 0.2) is 12.4 Å².